The van der Waals surface area contributed by atoms with Crippen LogP contribution in [0.15, 0.2) is 81.4 Å². The lowest BCUT2D eigenvalue weighted by Gasteiger charge is -2.02. The van der Waals surface area contributed by atoms with Crippen LogP contribution >= 0.6 is 15.9 Å². The van der Waals surface area contributed by atoms with Crippen molar-refractivity contribution in [2.75, 3.05) is 0 Å². The van der Waals surface area contributed by atoms with Crippen molar-refractivity contribution >= 4 is 38.4 Å². The summed E-state index contributed by atoms with van der Waals surface area (Å²) >= 11 is 3.46. The molecule has 2 N–H and O–H groups in total. The monoisotopic (exact) mass is 433 g/mol. The molecular weight excluding hydrogens is 418 g/mol. The largest absolute Gasteiger partial charge is 0.493 e. The van der Waals surface area contributed by atoms with Gasteiger partial charge in [-0.15, -0.1) is 10.2 Å². The highest BCUT2D eigenvalue weighted by molar-refractivity contribution is 9.10. The van der Waals surface area contributed by atoms with Gasteiger partial charge in [0.15, 0.2) is 5.69 Å². The molecule has 0 saturated carbocycles. The summed E-state index contributed by atoms with van der Waals surface area (Å²) in [6.45, 7) is 1.94. The van der Waals surface area contributed by atoms with Crippen LogP contribution in [0.3, 0.4) is 0 Å². The number of carbonyl (C=O) groups is 1. The van der Waals surface area contributed by atoms with E-state index in [0.29, 0.717) is 16.5 Å². The van der Waals surface area contributed by atoms with E-state index in [0.717, 1.165) is 21.2 Å². The minimum absolute atomic E-state index is 0.122. The minimum Gasteiger partial charge on any atom is -0.493 e. The van der Waals surface area contributed by atoms with E-state index in [-0.39, 0.29) is 11.6 Å². The van der Waals surface area contributed by atoms with Gasteiger partial charge in [-0.1, -0.05) is 58.4 Å². The van der Waals surface area contributed by atoms with Gasteiger partial charge >= 0.3 is 0 Å². The molecule has 4 aromatic rings. The van der Waals surface area contributed by atoms with E-state index in [1.807, 2.05) is 61.5 Å². The zero-order valence-electron chi connectivity index (χ0n) is 15.0. The van der Waals surface area contributed by atoms with Crippen LogP contribution in [0.4, 0.5) is 5.69 Å². The van der Waals surface area contributed by atoms with Crippen LogP contribution in [-0.2, 0) is 0 Å². The zero-order valence-corrected chi connectivity index (χ0v) is 16.6. The van der Waals surface area contributed by atoms with Gasteiger partial charge in [0.25, 0.3) is 5.91 Å². The number of nitrogens with one attached hydrogen (secondary N) is 1. The Bertz CT molecular complexity index is 1200. The summed E-state index contributed by atoms with van der Waals surface area (Å²) in [4.78, 5) is 15.2. The molecule has 4 rings (SSSR count). The van der Waals surface area contributed by atoms with Crippen LogP contribution in [0.5, 0.6) is 5.88 Å². The number of aromatic hydroxyl groups is 1. The summed E-state index contributed by atoms with van der Waals surface area (Å²) in [6.07, 6.45) is 0. The summed E-state index contributed by atoms with van der Waals surface area (Å²) in [7, 11) is 0. The first-order valence-corrected chi connectivity index (χ1v) is 9.44. The first-order chi connectivity index (χ1) is 13.5. The van der Waals surface area contributed by atoms with E-state index in [4.69, 9.17) is 0 Å². The maximum absolute atomic E-state index is 12.4. The Morgan fingerprint density at radius 1 is 1.00 bits per heavy atom. The second-order valence-corrected chi connectivity index (χ2v) is 7.27. The van der Waals surface area contributed by atoms with Crippen LogP contribution in [0.1, 0.15) is 15.9 Å². The van der Waals surface area contributed by atoms with Gasteiger partial charge in [-0.2, -0.15) is 0 Å². The summed E-state index contributed by atoms with van der Waals surface area (Å²) in [5, 5.41) is 18.6. The molecule has 0 aliphatic rings. The number of benzene rings is 3. The zero-order chi connectivity index (χ0) is 19.7. The number of aromatic nitrogens is 1. The summed E-state index contributed by atoms with van der Waals surface area (Å²) in [5.41, 5.74) is 4.48. The van der Waals surface area contributed by atoms with Gasteiger partial charge in [0.05, 0.1) is 5.52 Å². The average Bonchev–Trinajstić information content (AvgIpc) is 3.01. The second kappa shape index (κ2) is 7.40. The van der Waals surface area contributed by atoms with Gasteiger partial charge in [0.2, 0.25) is 5.88 Å². The number of hydrogen-bond acceptors (Lipinski definition) is 3. The number of nitrogens with zero attached hydrogens (tertiary/aromatic N) is 2. The fourth-order valence-corrected chi connectivity index (χ4v) is 3.33. The summed E-state index contributed by atoms with van der Waals surface area (Å²) in [6, 6.07) is 20.9. The van der Waals surface area contributed by atoms with Crippen molar-refractivity contribution < 1.29 is 9.90 Å². The van der Waals surface area contributed by atoms with Crippen molar-refractivity contribution in [2.45, 2.75) is 6.92 Å². The second-order valence-electron chi connectivity index (χ2n) is 6.42. The highest BCUT2D eigenvalue weighted by Gasteiger charge is 2.13. The van der Waals surface area contributed by atoms with E-state index >= 15 is 0 Å². The first kappa shape index (κ1) is 18.1. The molecule has 0 spiro atoms. The van der Waals surface area contributed by atoms with Gasteiger partial charge in [0, 0.05) is 15.4 Å². The van der Waals surface area contributed by atoms with E-state index in [1.165, 1.54) is 0 Å². The van der Waals surface area contributed by atoms with E-state index in [1.54, 1.807) is 12.1 Å². The van der Waals surface area contributed by atoms with Crippen molar-refractivity contribution in [3.05, 3.63) is 82.3 Å². The number of hydrogen-bond donors (Lipinski definition) is 2. The lowest BCUT2D eigenvalue weighted by atomic mass is 10.0. The van der Waals surface area contributed by atoms with Crippen LogP contribution in [-0.4, -0.2) is 16.0 Å². The molecule has 0 fully saturated rings. The molecule has 3 aromatic carbocycles. The number of halogens is 1. The number of carbonyl (C=O) groups excluding carboxylic acids is 1. The molecule has 0 aliphatic heterocycles. The molecule has 138 valence electrons. The van der Waals surface area contributed by atoms with Gasteiger partial charge in [-0.25, -0.2) is 0 Å². The van der Waals surface area contributed by atoms with Crippen molar-refractivity contribution in [1.29, 1.82) is 0 Å². The lowest BCUT2D eigenvalue weighted by Crippen LogP contribution is -1.93. The third-order valence-corrected chi connectivity index (χ3v) is 5.37. The Kier molecular flexibility index (Phi) is 4.79. The van der Waals surface area contributed by atoms with E-state index in [2.05, 4.69) is 31.1 Å². The first-order valence-electron chi connectivity index (χ1n) is 8.65. The highest BCUT2D eigenvalue weighted by Crippen LogP contribution is 2.38. The van der Waals surface area contributed by atoms with E-state index in [9.17, 15) is 9.90 Å². The Hall–Kier alpha value is -3.25. The predicted molar refractivity (Wildman–Crippen MR) is 113 cm³/mol. The SMILES string of the molecule is Cc1cc2c(N=NC(=O)c3ccc(-c4ccccc4)cc3)c(O)[nH]c2cc1Br. The van der Waals surface area contributed by atoms with Crippen molar-refractivity contribution in [3.63, 3.8) is 0 Å². The number of fused-ring (bicyclic) bond motifs is 1. The number of H-pyrrole nitrogens is 1. The molecule has 1 aromatic heterocycles. The van der Waals surface area contributed by atoms with Crippen LogP contribution in [0, 0.1) is 6.92 Å². The molecule has 1 heterocycles. The van der Waals surface area contributed by atoms with Gasteiger partial charge in [-0.3, -0.25) is 4.79 Å². The van der Waals surface area contributed by atoms with Crippen LogP contribution < -0.4 is 0 Å². The Morgan fingerprint density at radius 2 is 1.68 bits per heavy atom. The van der Waals surface area contributed by atoms with Crippen molar-refractivity contribution in [1.82, 2.24) is 4.98 Å². The molecule has 1 amide bonds. The van der Waals surface area contributed by atoms with E-state index < -0.39 is 5.91 Å². The Labute approximate surface area is 169 Å². The Morgan fingerprint density at radius 3 is 2.39 bits per heavy atom. The molecule has 0 unspecified atom stereocenters. The molecule has 6 heteroatoms. The van der Waals surface area contributed by atoms with Crippen molar-refractivity contribution in [2.24, 2.45) is 10.2 Å². The maximum Gasteiger partial charge on any atom is 0.295 e. The fraction of sp³-hybridized carbons (Fsp3) is 0.0455. The molecule has 0 aliphatic carbocycles. The summed E-state index contributed by atoms with van der Waals surface area (Å²) < 4.78 is 0.916. The van der Waals surface area contributed by atoms with Gasteiger partial charge in [-0.05, 0) is 47.9 Å². The normalized spacial score (nSPS) is 11.4. The van der Waals surface area contributed by atoms with Gasteiger partial charge in [0.1, 0.15) is 0 Å². The highest BCUT2D eigenvalue weighted by atomic mass is 79.9. The number of aromatic amines is 1. The van der Waals surface area contributed by atoms with Crippen molar-refractivity contribution in [3.8, 4) is 17.0 Å². The predicted octanol–water partition coefficient (Wildman–Crippen LogP) is 6.54. The van der Waals surface area contributed by atoms with Crippen LogP contribution in [0.2, 0.25) is 0 Å². The average molecular weight is 434 g/mol. The summed E-state index contributed by atoms with van der Waals surface area (Å²) in [5.74, 6) is -0.592. The van der Waals surface area contributed by atoms with Gasteiger partial charge < -0.3 is 10.1 Å². The quantitative estimate of drug-likeness (QED) is 0.360. The number of amides is 1. The minimum atomic E-state index is -0.470. The molecule has 28 heavy (non-hydrogen) atoms. The smallest absolute Gasteiger partial charge is 0.295 e. The fourth-order valence-electron chi connectivity index (χ4n) is 2.99. The van der Waals surface area contributed by atoms with Crippen LogP contribution in [0.25, 0.3) is 22.0 Å². The Balaban J connectivity index is 1.60. The third kappa shape index (κ3) is 3.46. The molecule has 0 radical (unpaired) electrons. The number of rotatable bonds is 3. The molecule has 5 nitrogen and oxygen atoms in total. The molecule has 0 bridgehead atoms. The number of azo groups is 1. The molecular formula is C22H16BrN3O2. The number of aryl methyl sites for hydroxylation is 1. The lowest BCUT2D eigenvalue weighted by molar-refractivity contribution is 0.0995. The third-order valence-electron chi connectivity index (χ3n) is 4.51. The topological polar surface area (TPSA) is 77.8 Å². The molecule has 0 atom stereocenters. The molecule has 0 saturated heterocycles. The standard InChI is InChI=1S/C22H16BrN3O2/c1-13-11-17-19(12-18(13)23)24-22(28)20(17)25-26-21(27)16-9-7-15(8-10-16)14-5-3-2-4-6-14/h2-12,24,28H,1H3. The maximum atomic E-state index is 12.4.